The number of nitrogens with zero attached hydrogens (tertiary/aromatic N) is 3. The van der Waals surface area contributed by atoms with Gasteiger partial charge in [0.25, 0.3) is 0 Å². The fraction of sp³-hybridized carbons (Fsp3) is 0.357. The molecule has 1 N–H and O–H groups in total. The van der Waals surface area contributed by atoms with Crippen molar-refractivity contribution in [3.05, 3.63) is 42.4 Å². The minimum absolute atomic E-state index is 0.0521. The van der Waals surface area contributed by atoms with Crippen LogP contribution in [-0.2, 0) is 11.3 Å². The quantitative estimate of drug-likeness (QED) is 0.891. The second-order valence-corrected chi connectivity index (χ2v) is 4.50. The van der Waals surface area contributed by atoms with E-state index in [2.05, 4.69) is 15.4 Å². The van der Waals surface area contributed by atoms with Gasteiger partial charge < -0.3 is 5.32 Å². The summed E-state index contributed by atoms with van der Waals surface area (Å²) in [6.07, 6.45) is 6.16. The molecule has 2 heterocycles. The Kier molecular flexibility index (Phi) is 4.28. The molecule has 0 unspecified atom stereocenters. The maximum atomic E-state index is 11.7. The van der Waals surface area contributed by atoms with Crippen LogP contribution in [0.5, 0.6) is 0 Å². The van der Waals surface area contributed by atoms with E-state index in [1.165, 1.54) is 0 Å². The number of rotatable bonds is 5. The minimum Gasteiger partial charge on any atom is -0.352 e. The number of hydrogen-bond donors (Lipinski definition) is 1. The zero-order chi connectivity index (χ0) is 13.7. The third kappa shape index (κ3) is 3.40. The molecule has 2 rings (SSSR count). The van der Waals surface area contributed by atoms with Gasteiger partial charge in [0.1, 0.15) is 0 Å². The predicted molar refractivity (Wildman–Crippen MR) is 72.7 cm³/mol. The first kappa shape index (κ1) is 13.3. The van der Waals surface area contributed by atoms with Crippen molar-refractivity contribution < 1.29 is 4.79 Å². The van der Waals surface area contributed by atoms with Crippen LogP contribution in [0.25, 0.3) is 5.82 Å². The van der Waals surface area contributed by atoms with E-state index in [-0.39, 0.29) is 11.8 Å². The van der Waals surface area contributed by atoms with E-state index in [9.17, 15) is 4.79 Å². The molecule has 0 saturated heterocycles. The van der Waals surface area contributed by atoms with Gasteiger partial charge in [0, 0.05) is 31.1 Å². The van der Waals surface area contributed by atoms with Crippen LogP contribution in [0, 0.1) is 5.92 Å². The van der Waals surface area contributed by atoms with E-state index in [0.29, 0.717) is 6.54 Å². The average molecular weight is 258 g/mol. The molecule has 19 heavy (non-hydrogen) atoms. The lowest BCUT2D eigenvalue weighted by atomic mass is 10.1. The normalized spacial score (nSPS) is 12.1. The Balaban J connectivity index is 1.94. The Labute approximate surface area is 112 Å². The number of pyridine rings is 1. The molecule has 0 aliphatic heterocycles. The first-order valence-corrected chi connectivity index (χ1v) is 6.43. The molecular formula is C14H18N4O. The second kappa shape index (κ2) is 6.13. The van der Waals surface area contributed by atoms with E-state index >= 15 is 0 Å². The molecule has 0 aliphatic rings. The van der Waals surface area contributed by atoms with Gasteiger partial charge in [0.2, 0.25) is 5.91 Å². The number of carbonyl (C=O) groups excluding carboxylic acids is 1. The Bertz CT molecular complexity index is 519. The summed E-state index contributed by atoms with van der Waals surface area (Å²) in [5.41, 5.74) is 0.979. The molecule has 0 saturated carbocycles. The molecule has 0 aromatic carbocycles. The lowest BCUT2D eigenvalue weighted by Crippen LogP contribution is -2.28. The molecule has 0 aliphatic carbocycles. The first-order valence-electron chi connectivity index (χ1n) is 6.43. The van der Waals surface area contributed by atoms with Gasteiger partial charge in [-0.1, -0.05) is 19.9 Å². The Morgan fingerprint density at radius 2 is 2.32 bits per heavy atom. The van der Waals surface area contributed by atoms with Gasteiger partial charge in [0.15, 0.2) is 5.82 Å². The van der Waals surface area contributed by atoms with E-state index in [4.69, 9.17) is 0 Å². The Hall–Kier alpha value is -2.17. The summed E-state index contributed by atoms with van der Waals surface area (Å²) in [5.74, 6) is 0.900. The van der Waals surface area contributed by atoms with Gasteiger partial charge in [-0.3, -0.25) is 4.79 Å². The zero-order valence-corrected chi connectivity index (χ0v) is 11.2. The average Bonchev–Trinajstić information content (AvgIpc) is 2.98. The first-order chi connectivity index (χ1) is 9.20. The summed E-state index contributed by atoms with van der Waals surface area (Å²) in [7, 11) is 0. The number of carbonyl (C=O) groups is 1. The minimum atomic E-state index is 0.0521. The van der Waals surface area contributed by atoms with Crippen molar-refractivity contribution in [3.8, 4) is 5.82 Å². The van der Waals surface area contributed by atoms with Crippen molar-refractivity contribution in [3.63, 3.8) is 0 Å². The molecule has 100 valence electrons. The summed E-state index contributed by atoms with van der Waals surface area (Å²) in [6, 6.07) is 5.68. The van der Waals surface area contributed by atoms with E-state index in [1.54, 1.807) is 17.1 Å². The van der Waals surface area contributed by atoms with Crippen LogP contribution in [0.3, 0.4) is 0 Å². The van der Waals surface area contributed by atoms with Crippen LogP contribution in [0.2, 0.25) is 0 Å². The van der Waals surface area contributed by atoms with Crippen LogP contribution in [0.4, 0.5) is 0 Å². The summed E-state index contributed by atoms with van der Waals surface area (Å²) >= 11 is 0. The highest BCUT2D eigenvalue weighted by Crippen LogP contribution is 2.05. The van der Waals surface area contributed by atoms with Crippen molar-refractivity contribution in [2.75, 3.05) is 0 Å². The largest absolute Gasteiger partial charge is 0.352 e. The van der Waals surface area contributed by atoms with Crippen LogP contribution in [0.15, 0.2) is 36.8 Å². The van der Waals surface area contributed by atoms with Gasteiger partial charge in [-0.05, 0) is 24.1 Å². The molecule has 5 nitrogen and oxygen atoms in total. The number of nitrogens with one attached hydrogen (secondary N) is 1. The van der Waals surface area contributed by atoms with E-state index in [0.717, 1.165) is 17.8 Å². The maximum Gasteiger partial charge on any atom is 0.223 e. The van der Waals surface area contributed by atoms with Crippen molar-refractivity contribution in [2.45, 2.75) is 26.8 Å². The van der Waals surface area contributed by atoms with Crippen LogP contribution < -0.4 is 5.32 Å². The highest BCUT2D eigenvalue weighted by molar-refractivity contribution is 5.78. The Morgan fingerprint density at radius 3 is 2.89 bits per heavy atom. The van der Waals surface area contributed by atoms with Gasteiger partial charge in [0.05, 0.1) is 0 Å². The molecule has 5 heteroatoms. The second-order valence-electron chi connectivity index (χ2n) is 4.50. The summed E-state index contributed by atoms with van der Waals surface area (Å²) < 4.78 is 1.70. The van der Waals surface area contributed by atoms with Crippen molar-refractivity contribution >= 4 is 5.91 Å². The Morgan fingerprint density at radius 1 is 1.47 bits per heavy atom. The lowest BCUT2D eigenvalue weighted by Gasteiger charge is -2.10. The van der Waals surface area contributed by atoms with Crippen molar-refractivity contribution in [2.24, 2.45) is 5.92 Å². The zero-order valence-electron chi connectivity index (χ0n) is 11.2. The highest BCUT2D eigenvalue weighted by atomic mass is 16.1. The molecule has 0 radical (unpaired) electrons. The van der Waals surface area contributed by atoms with Crippen molar-refractivity contribution in [1.82, 2.24) is 20.1 Å². The van der Waals surface area contributed by atoms with Gasteiger partial charge in [-0.25, -0.2) is 9.67 Å². The molecule has 1 amide bonds. The van der Waals surface area contributed by atoms with E-state index in [1.807, 2.05) is 38.2 Å². The van der Waals surface area contributed by atoms with Gasteiger partial charge in [-0.2, -0.15) is 5.10 Å². The third-order valence-electron chi connectivity index (χ3n) is 3.07. The number of hydrogen-bond acceptors (Lipinski definition) is 3. The highest BCUT2D eigenvalue weighted by Gasteiger charge is 2.09. The fourth-order valence-electron chi connectivity index (χ4n) is 1.61. The topological polar surface area (TPSA) is 59.8 Å². The van der Waals surface area contributed by atoms with Crippen LogP contribution >= 0.6 is 0 Å². The fourth-order valence-corrected chi connectivity index (χ4v) is 1.61. The monoisotopic (exact) mass is 258 g/mol. The lowest BCUT2D eigenvalue weighted by molar-refractivity contribution is -0.124. The summed E-state index contributed by atoms with van der Waals surface area (Å²) in [4.78, 5) is 16.0. The van der Waals surface area contributed by atoms with Gasteiger partial charge >= 0.3 is 0 Å². The molecule has 0 bridgehead atoms. The van der Waals surface area contributed by atoms with E-state index < -0.39 is 0 Å². The molecular weight excluding hydrogens is 240 g/mol. The summed E-state index contributed by atoms with van der Waals surface area (Å²) in [6.45, 7) is 4.44. The van der Waals surface area contributed by atoms with Crippen LogP contribution in [0.1, 0.15) is 25.8 Å². The molecule has 1 atom stereocenters. The maximum absolute atomic E-state index is 11.7. The van der Waals surface area contributed by atoms with Crippen molar-refractivity contribution in [1.29, 1.82) is 0 Å². The SMILES string of the molecule is CC[C@@H](C)C(=O)NCc1ccc(-n2cccn2)nc1. The summed E-state index contributed by atoms with van der Waals surface area (Å²) in [5, 5.41) is 7.01. The number of aromatic nitrogens is 3. The molecule has 2 aromatic rings. The number of amides is 1. The predicted octanol–water partition coefficient (Wildman–Crippen LogP) is 1.93. The third-order valence-corrected chi connectivity index (χ3v) is 3.07. The smallest absolute Gasteiger partial charge is 0.223 e. The molecule has 2 aromatic heterocycles. The molecule has 0 fully saturated rings. The standard InChI is InChI=1S/C14H18N4O/c1-3-11(2)14(19)16-10-12-5-6-13(15-9-12)18-8-4-7-17-18/h4-9,11H,3,10H2,1-2H3,(H,16,19)/t11-/m1/s1. The molecule has 0 spiro atoms. The van der Waals surface area contributed by atoms with Gasteiger partial charge in [-0.15, -0.1) is 0 Å². The van der Waals surface area contributed by atoms with Crippen LogP contribution in [-0.4, -0.2) is 20.7 Å².